The van der Waals surface area contributed by atoms with Crippen molar-refractivity contribution in [3.8, 4) is 0 Å². The van der Waals surface area contributed by atoms with E-state index in [-0.39, 0.29) is 5.91 Å². The molecule has 0 bridgehead atoms. The van der Waals surface area contributed by atoms with E-state index in [1.54, 1.807) is 11.7 Å². The number of amides is 1. The first kappa shape index (κ1) is 14.7. The quantitative estimate of drug-likeness (QED) is 0.763. The Bertz CT molecular complexity index is 386. The first-order chi connectivity index (χ1) is 8.62. The third-order valence-electron chi connectivity index (χ3n) is 3.23. The smallest absolute Gasteiger partial charge is 0.269 e. The number of hydrogen-bond donors (Lipinski definition) is 2. The van der Waals surface area contributed by atoms with Crippen molar-refractivity contribution < 1.29 is 4.79 Å². The van der Waals surface area contributed by atoms with Gasteiger partial charge < -0.3 is 11.1 Å². The van der Waals surface area contributed by atoms with Gasteiger partial charge in [-0.2, -0.15) is 5.10 Å². The summed E-state index contributed by atoms with van der Waals surface area (Å²) >= 11 is 0. The van der Waals surface area contributed by atoms with Gasteiger partial charge in [0.15, 0.2) is 0 Å². The number of nitrogens with one attached hydrogen (secondary N) is 1. The van der Waals surface area contributed by atoms with Crippen LogP contribution >= 0.6 is 0 Å². The van der Waals surface area contributed by atoms with Gasteiger partial charge in [0.05, 0.1) is 5.69 Å². The van der Waals surface area contributed by atoms with Crippen molar-refractivity contribution in [2.75, 3.05) is 13.1 Å². The van der Waals surface area contributed by atoms with E-state index in [1.165, 1.54) is 0 Å². The normalized spacial score (nSPS) is 12.4. The van der Waals surface area contributed by atoms with Gasteiger partial charge in [-0.15, -0.1) is 0 Å². The average Bonchev–Trinajstić information content (AvgIpc) is 2.75. The molecular weight excluding hydrogens is 228 g/mol. The van der Waals surface area contributed by atoms with E-state index in [0.717, 1.165) is 25.0 Å². The molecule has 5 heteroatoms. The predicted molar refractivity (Wildman–Crippen MR) is 72.4 cm³/mol. The lowest BCUT2D eigenvalue weighted by molar-refractivity contribution is 0.0936. The zero-order valence-electron chi connectivity index (χ0n) is 11.6. The molecule has 1 heterocycles. The molecule has 1 aromatic rings. The monoisotopic (exact) mass is 252 g/mol. The number of carbonyl (C=O) groups is 1. The Morgan fingerprint density at radius 2 is 2.28 bits per heavy atom. The summed E-state index contributed by atoms with van der Waals surface area (Å²) in [5.74, 6) is 0.401. The minimum atomic E-state index is -0.0554. The van der Waals surface area contributed by atoms with E-state index in [0.29, 0.717) is 24.7 Å². The van der Waals surface area contributed by atoms with Crippen LogP contribution in [0.25, 0.3) is 0 Å². The summed E-state index contributed by atoms with van der Waals surface area (Å²) in [6, 6.07) is 1.85. The summed E-state index contributed by atoms with van der Waals surface area (Å²) in [4.78, 5) is 12.0. The van der Waals surface area contributed by atoms with Crippen molar-refractivity contribution in [2.24, 2.45) is 18.7 Å². The van der Waals surface area contributed by atoms with Crippen LogP contribution in [0, 0.1) is 5.92 Å². The van der Waals surface area contributed by atoms with E-state index >= 15 is 0 Å². The van der Waals surface area contributed by atoms with Crippen LogP contribution in [0.4, 0.5) is 0 Å². The fourth-order valence-electron chi connectivity index (χ4n) is 1.93. The van der Waals surface area contributed by atoms with Gasteiger partial charge in [0, 0.05) is 13.6 Å². The first-order valence-corrected chi connectivity index (χ1v) is 6.63. The molecule has 0 aromatic carbocycles. The first-order valence-electron chi connectivity index (χ1n) is 6.63. The molecular formula is C13H24N4O. The fourth-order valence-corrected chi connectivity index (χ4v) is 1.93. The Kier molecular flexibility index (Phi) is 5.85. The molecule has 1 rings (SSSR count). The molecule has 0 aliphatic carbocycles. The van der Waals surface area contributed by atoms with Crippen molar-refractivity contribution >= 4 is 5.91 Å². The molecule has 0 aliphatic heterocycles. The molecule has 0 aliphatic rings. The maximum absolute atomic E-state index is 12.0. The van der Waals surface area contributed by atoms with Crippen molar-refractivity contribution in [1.29, 1.82) is 0 Å². The minimum absolute atomic E-state index is 0.0554. The number of carbonyl (C=O) groups excluding carboxylic acids is 1. The predicted octanol–water partition coefficient (Wildman–Crippen LogP) is 1.09. The van der Waals surface area contributed by atoms with Crippen LogP contribution in [0.2, 0.25) is 0 Å². The highest BCUT2D eigenvalue weighted by atomic mass is 16.2. The van der Waals surface area contributed by atoms with Crippen LogP contribution in [-0.4, -0.2) is 28.8 Å². The molecule has 0 radical (unpaired) electrons. The van der Waals surface area contributed by atoms with E-state index in [9.17, 15) is 4.79 Å². The van der Waals surface area contributed by atoms with Crippen molar-refractivity contribution in [3.63, 3.8) is 0 Å². The summed E-state index contributed by atoms with van der Waals surface area (Å²) in [5.41, 5.74) is 7.10. The van der Waals surface area contributed by atoms with Gasteiger partial charge in [0.25, 0.3) is 5.91 Å². The Labute approximate surface area is 109 Å². The molecule has 0 saturated heterocycles. The molecule has 0 spiro atoms. The number of nitrogens with two attached hydrogens (primary N) is 1. The third kappa shape index (κ3) is 3.84. The second-order valence-electron chi connectivity index (χ2n) is 4.56. The lowest BCUT2D eigenvalue weighted by Crippen LogP contribution is -2.31. The summed E-state index contributed by atoms with van der Waals surface area (Å²) < 4.78 is 1.64. The van der Waals surface area contributed by atoms with Gasteiger partial charge in [-0.1, -0.05) is 20.3 Å². The Hall–Kier alpha value is -1.36. The van der Waals surface area contributed by atoms with Gasteiger partial charge in [-0.25, -0.2) is 0 Å². The SMILES string of the molecule is CCc1cc(C(=O)NCC(CC)CCN)n(C)n1. The highest BCUT2D eigenvalue weighted by Crippen LogP contribution is 2.07. The summed E-state index contributed by atoms with van der Waals surface area (Å²) in [5, 5.41) is 7.23. The van der Waals surface area contributed by atoms with Gasteiger partial charge in [-0.3, -0.25) is 9.48 Å². The molecule has 0 saturated carbocycles. The summed E-state index contributed by atoms with van der Waals surface area (Å²) in [7, 11) is 1.80. The molecule has 5 nitrogen and oxygen atoms in total. The Balaban J connectivity index is 2.56. The molecule has 1 atom stereocenters. The molecule has 18 heavy (non-hydrogen) atoms. The zero-order chi connectivity index (χ0) is 13.5. The zero-order valence-corrected chi connectivity index (χ0v) is 11.6. The van der Waals surface area contributed by atoms with Crippen LogP contribution in [-0.2, 0) is 13.5 Å². The number of aromatic nitrogens is 2. The van der Waals surface area contributed by atoms with E-state index in [1.807, 2.05) is 13.0 Å². The van der Waals surface area contributed by atoms with Crippen molar-refractivity contribution in [3.05, 3.63) is 17.5 Å². The van der Waals surface area contributed by atoms with Crippen LogP contribution in [0.3, 0.4) is 0 Å². The molecule has 3 N–H and O–H groups in total. The van der Waals surface area contributed by atoms with E-state index in [2.05, 4.69) is 17.3 Å². The summed E-state index contributed by atoms with van der Waals surface area (Å²) in [6.45, 7) is 5.49. The van der Waals surface area contributed by atoms with E-state index in [4.69, 9.17) is 5.73 Å². The largest absolute Gasteiger partial charge is 0.350 e. The van der Waals surface area contributed by atoms with Gasteiger partial charge in [0.2, 0.25) is 0 Å². The van der Waals surface area contributed by atoms with Crippen LogP contribution < -0.4 is 11.1 Å². The van der Waals surface area contributed by atoms with Gasteiger partial charge >= 0.3 is 0 Å². The van der Waals surface area contributed by atoms with Crippen molar-refractivity contribution in [2.45, 2.75) is 33.1 Å². The second-order valence-corrected chi connectivity index (χ2v) is 4.56. The standard InChI is InChI=1S/C13H24N4O/c1-4-10(6-7-14)9-15-13(18)12-8-11(5-2)16-17(12)3/h8,10H,4-7,9,14H2,1-3H3,(H,15,18). The number of rotatable bonds is 7. The number of hydrogen-bond acceptors (Lipinski definition) is 3. The minimum Gasteiger partial charge on any atom is -0.350 e. The fraction of sp³-hybridized carbons (Fsp3) is 0.692. The third-order valence-corrected chi connectivity index (χ3v) is 3.23. The highest BCUT2D eigenvalue weighted by molar-refractivity contribution is 5.92. The van der Waals surface area contributed by atoms with Gasteiger partial charge in [-0.05, 0) is 31.4 Å². The molecule has 102 valence electrons. The number of nitrogens with zero attached hydrogens (tertiary/aromatic N) is 2. The topological polar surface area (TPSA) is 72.9 Å². The van der Waals surface area contributed by atoms with Gasteiger partial charge in [0.1, 0.15) is 5.69 Å². The Morgan fingerprint density at radius 1 is 1.56 bits per heavy atom. The Morgan fingerprint density at radius 3 is 2.78 bits per heavy atom. The average molecular weight is 252 g/mol. The van der Waals surface area contributed by atoms with Crippen LogP contribution in [0.15, 0.2) is 6.07 Å². The molecule has 1 aromatic heterocycles. The van der Waals surface area contributed by atoms with E-state index < -0.39 is 0 Å². The van der Waals surface area contributed by atoms with Crippen LogP contribution in [0.5, 0.6) is 0 Å². The second kappa shape index (κ2) is 7.16. The van der Waals surface area contributed by atoms with Crippen LogP contribution in [0.1, 0.15) is 42.9 Å². The maximum atomic E-state index is 12.0. The molecule has 0 fully saturated rings. The highest BCUT2D eigenvalue weighted by Gasteiger charge is 2.14. The number of aryl methyl sites for hydroxylation is 2. The molecule has 1 amide bonds. The van der Waals surface area contributed by atoms with Crippen molar-refractivity contribution in [1.82, 2.24) is 15.1 Å². The lowest BCUT2D eigenvalue weighted by atomic mass is 10.0. The summed E-state index contributed by atoms with van der Waals surface area (Å²) in [6.07, 6.45) is 2.82. The molecule has 1 unspecified atom stereocenters. The maximum Gasteiger partial charge on any atom is 0.269 e. The lowest BCUT2D eigenvalue weighted by Gasteiger charge is -2.14.